The van der Waals surface area contributed by atoms with Crippen LogP contribution in [0.25, 0.3) is 0 Å². The van der Waals surface area contributed by atoms with Gasteiger partial charge in [0.25, 0.3) is 0 Å². The summed E-state index contributed by atoms with van der Waals surface area (Å²) < 4.78 is 0. The van der Waals surface area contributed by atoms with Gasteiger partial charge in [0.1, 0.15) is 0 Å². The van der Waals surface area contributed by atoms with Crippen molar-refractivity contribution < 1.29 is 0 Å². The normalized spacial score (nSPS) is 16.3. The van der Waals surface area contributed by atoms with Gasteiger partial charge >= 0.3 is 0 Å². The standard InChI is InChI=1S/C6H9Cl.C4H5Cl/c7-6-4-2-1-3-5-6;1-2-3-4-5/h4H,1-3,5H2;2-4H,1H2. The SMILES string of the molecule is C=CC=CCl.ClC1=CCCCC1. The van der Waals surface area contributed by atoms with Gasteiger partial charge in [-0.05, 0) is 25.7 Å². The van der Waals surface area contributed by atoms with Crippen molar-refractivity contribution in [3.8, 4) is 0 Å². The van der Waals surface area contributed by atoms with Crippen molar-refractivity contribution in [3.05, 3.63) is 35.4 Å². The van der Waals surface area contributed by atoms with Gasteiger partial charge in [0, 0.05) is 10.6 Å². The van der Waals surface area contributed by atoms with Gasteiger partial charge < -0.3 is 0 Å². The van der Waals surface area contributed by atoms with Gasteiger partial charge in [-0.1, -0.05) is 48.0 Å². The number of hydrogen-bond donors (Lipinski definition) is 0. The summed E-state index contributed by atoms with van der Waals surface area (Å²) in [6.07, 6.45) is 10.3. The van der Waals surface area contributed by atoms with Crippen molar-refractivity contribution in [2.45, 2.75) is 25.7 Å². The van der Waals surface area contributed by atoms with Crippen LogP contribution in [0.5, 0.6) is 0 Å². The Morgan fingerprint density at radius 1 is 1.42 bits per heavy atom. The maximum Gasteiger partial charge on any atom is 0.0141 e. The molecule has 0 saturated heterocycles. The van der Waals surface area contributed by atoms with Crippen LogP contribution in [0.2, 0.25) is 0 Å². The van der Waals surface area contributed by atoms with E-state index in [1.165, 1.54) is 24.8 Å². The minimum Gasteiger partial charge on any atom is -0.0990 e. The van der Waals surface area contributed by atoms with E-state index < -0.39 is 0 Å². The summed E-state index contributed by atoms with van der Waals surface area (Å²) in [6, 6.07) is 0. The molecule has 1 aliphatic carbocycles. The van der Waals surface area contributed by atoms with Crippen molar-refractivity contribution in [1.29, 1.82) is 0 Å². The molecular formula is C10H14Cl2. The molecule has 0 radical (unpaired) electrons. The molecule has 0 amide bonds. The zero-order valence-corrected chi connectivity index (χ0v) is 8.61. The maximum atomic E-state index is 5.68. The molecule has 0 N–H and O–H groups in total. The van der Waals surface area contributed by atoms with Crippen LogP contribution >= 0.6 is 23.2 Å². The molecule has 12 heavy (non-hydrogen) atoms. The Kier molecular flexibility index (Phi) is 8.74. The van der Waals surface area contributed by atoms with Crippen LogP contribution in [0.15, 0.2) is 35.4 Å². The molecule has 0 aromatic carbocycles. The van der Waals surface area contributed by atoms with Crippen molar-refractivity contribution in [3.63, 3.8) is 0 Å². The lowest BCUT2D eigenvalue weighted by molar-refractivity contribution is 0.722. The Labute approximate surface area is 84.6 Å². The minimum absolute atomic E-state index is 1.06. The van der Waals surface area contributed by atoms with Crippen LogP contribution in [0.3, 0.4) is 0 Å². The van der Waals surface area contributed by atoms with E-state index in [0.717, 1.165) is 11.5 Å². The van der Waals surface area contributed by atoms with Gasteiger partial charge in [-0.25, -0.2) is 0 Å². The molecule has 0 saturated carbocycles. The first-order valence-electron chi connectivity index (χ1n) is 4.03. The molecule has 0 heterocycles. The Bertz CT molecular complexity index is 169. The third-order valence-corrected chi connectivity index (χ3v) is 1.93. The number of hydrogen-bond acceptors (Lipinski definition) is 0. The molecule has 0 unspecified atom stereocenters. The molecule has 0 fully saturated rings. The van der Waals surface area contributed by atoms with Crippen molar-refractivity contribution in [2.75, 3.05) is 0 Å². The van der Waals surface area contributed by atoms with Crippen LogP contribution < -0.4 is 0 Å². The molecule has 68 valence electrons. The Balaban J connectivity index is 0.000000217. The largest absolute Gasteiger partial charge is 0.0990 e. The molecule has 0 aliphatic heterocycles. The monoisotopic (exact) mass is 204 g/mol. The van der Waals surface area contributed by atoms with Crippen molar-refractivity contribution in [2.24, 2.45) is 0 Å². The van der Waals surface area contributed by atoms with E-state index in [9.17, 15) is 0 Å². The van der Waals surface area contributed by atoms with E-state index in [4.69, 9.17) is 23.2 Å². The molecule has 0 aromatic heterocycles. The lowest BCUT2D eigenvalue weighted by Gasteiger charge is -2.03. The summed E-state index contributed by atoms with van der Waals surface area (Å²) in [5.74, 6) is 0. The summed E-state index contributed by atoms with van der Waals surface area (Å²) in [5.41, 5.74) is 1.41. The number of halogens is 2. The van der Waals surface area contributed by atoms with Crippen LogP contribution in [0.4, 0.5) is 0 Å². The van der Waals surface area contributed by atoms with Gasteiger partial charge in [0.2, 0.25) is 0 Å². The zero-order chi connectivity index (χ0) is 9.23. The Hall–Kier alpha value is -0.200. The fourth-order valence-electron chi connectivity index (χ4n) is 0.850. The minimum atomic E-state index is 1.06. The number of rotatable bonds is 1. The summed E-state index contributed by atoms with van der Waals surface area (Å²) in [4.78, 5) is 0. The first-order valence-corrected chi connectivity index (χ1v) is 4.85. The quantitative estimate of drug-likeness (QED) is 0.548. The van der Waals surface area contributed by atoms with Crippen molar-refractivity contribution in [1.82, 2.24) is 0 Å². The lowest BCUT2D eigenvalue weighted by atomic mass is 10.1. The zero-order valence-electron chi connectivity index (χ0n) is 7.10. The van der Waals surface area contributed by atoms with Gasteiger partial charge in [0.05, 0.1) is 0 Å². The number of allylic oxidation sites excluding steroid dienone is 4. The first-order chi connectivity index (χ1) is 5.81. The van der Waals surface area contributed by atoms with E-state index >= 15 is 0 Å². The summed E-state index contributed by atoms with van der Waals surface area (Å²) in [6.45, 7) is 3.38. The first kappa shape index (κ1) is 11.8. The molecule has 1 aliphatic rings. The van der Waals surface area contributed by atoms with Gasteiger partial charge in [-0.15, -0.1) is 0 Å². The predicted octanol–water partition coefficient (Wildman–Crippen LogP) is 4.61. The molecule has 0 aromatic rings. The van der Waals surface area contributed by atoms with Crippen LogP contribution in [-0.4, -0.2) is 0 Å². The average Bonchev–Trinajstić information content (AvgIpc) is 2.08. The Morgan fingerprint density at radius 3 is 2.33 bits per heavy atom. The summed E-state index contributed by atoms with van der Waals surface area (Å²) in [5, 5.41) is 1.06. The highest BCUT2D eigenvalue weighted by Crippen LogP contribution is 2.19. The van der Waals surface area contributed by atoms with Gasteiger partial charge in [-0.3, -0.25) is 0 Å². The van der Waals surface area contributed by atoms with Crippen LogP contribution in [0, 0.1) is 0 Å². The highest BCUT2D eigenvalue weighted by molar-refractivity contribution is 6.29. The second-order valence-electron chi connectivity index (χ2n) is 2.45. The van der Waals surface area contributed by atoms with E-state index in [2.05, 4.69) is 12.7 Å². The third kappa shape index (κ3) is 7.90. The highest BCUT2D eigenvalue weighted by atomic mass is 35.5. The fraction of sp³-hybridized carbons (Fsp3) is 0.400. The fourth-order valence-corrected chi connectivity index (χ4v) is 1.20. The Morgan fingerprint density at radius 2 is 2.17 bits per heavy atom. The second-order valence-corrected chi connectivity index (χ2v) is 3.19. The third-order valence-electron chi connectivity index (χ3n) is 1.44. The molecule has 0 bridgehead atoms. The molecule has 1 rings (SSSR count). The van der Waals surface area contributed by atoms with Crippen LogP contribution in [0.1, 0.15) is 25.7 Å². The molecule has 0 atom stereocenters. The molecule has 2 heteroatoms. The van der Waals surface area contributed by atoms with Gasteiger partial charge in [0.15, 0.2) is 0 Å². The van der Waals surface area contributed by atoms with Gasteiger partial charge in [-0.2, -0.15) is 0 Å². The van der Waals surface area contributed by atoms with Crippen LogP contribution in [-0.2, 0) is 0 Å². The maximum absolute atomic E-state index is 5.68. The van der Waals surface area contributed by atoms with Crippen molar-refractivity contribution >= 4 is 23.2 Å². The smallest absolute Gasteiger partial charge is 0.0141 e. The molecule has 0 spiro atoms. The highest BCUT2D eigenvalue weighted by Gasteiger charge is 1.97. The summed E-state index contributed by atoms with van der Waals surface area (Å²) >= 11 is 10.7. The molecule has 0 nitrogen and oxygen atoms in total. The predicted molar refractivity (Wildman–Crippen MR) is 57.6 cm³/mol. The van der Waals surface area contributed by atoms with E-state index in [1.54, 1.807) is 12.2 Å². The lowest BCUT2D eigenvalue weighted by Crippen LogP contribution is -1.83. The molecular weight excluding hydrogens is 191 g/mol. The second kappa shape index (κ2) is 8.89. The average molecular weight is 205 g/mol. The van der Waals surface area contributed by atoms with E-state index in [1.807, 2.05) is 0 Å². The summed E-state index contributed by atoms with van der Waals surface area (Å²) in [7, 11) is 0. The van der Waals surface area contributed by atoms with E-state index in [0.29, 0.717) is 0 Å². The van der Waals surface area contributed by atoms with E-state index in [-0.39, 0.29) is 0 Å². The topological polar surface area (TPSA) is 0 Å².